The van der Waals surface area contributed by atoms with E-state index in [0.717, 1.165) is 49.1 Å². The molecular formula is C21H29N3O2. The van der Waals surface area contributed by atoms with E-state index in [2.05, 4.69) is 32.0 Å². The Morgan fingerprint density at radius 1 is 1.27 bits per heavy atom. The van der Waals surface area contributed by atoms with Crippen LogP contribution in [0.25, 0.3) is 0 Å². The quantitative estimate of drug-likeness (QED) is 0.874. The summed E-state index contributed by atoms with van der Waals surface area (Å²) in [5, 5.41) is 10.1. The standard InChI is InChI=1S/C21H29N3O2/c1-13(2)12-26-17-5-4-15-11-20(8-6-16(25)7-9-20)21(18(15)10-17)23-14(3)19(22)24-21/h4-5,10,13,16,25H,6-9,11-12H2,1-3H3,(H2,22,24). The second-order valence-electron chi connectivity index (χ2n) is 8.58. The smallest absolute Gasteiger partial charge is 0.184 e. The number of rotatable bonds is 3. The first-order valence-electron chi connectivity index (χ1n) is 9.72. The fourth-order valence-electron chi connectivity index (χ4n) is 4.78. The molecule has 3 aliphatic rings. The van der Waals surface area contributed by atoms with Crippen LogP contribution in [0.3, 0.4) is 0 Å². The van der Waals surface area contributed by atoms with Gasteiger partial charge < -0.3 is 15.6 Å². The van der Waals surface area contributed by atoms with Crippen molar-refractivity contribution in [2.24, 2.45) is 27.1 Å². The molecule has 1 fully saturated rings. The van der Waals surface area contributed by atoms with Gasteiger partial charge >= 0.3 is 0 Å². The van der Waals surface area contributed by atoms with Gasteiger partial charge in [-0.25, -0.2) is 4.99 Å². The van der Waals surface area contributed by atoms with Crippen LogP contribution in [0.15, 0.2) is 28.2 Å². The van der Waals surface area contributed by atoms with Gasteiger partial charge in [-0.1, -0.05) is 19.9 Å². The van der Waals surface area contributed by atoms with E-state index in [9.17, 15) is 5.11 Å². The molecule has 1 heterocycles. The van der Waals surface area contributed by atoms with Crippen molar-refractivity contribution in [2.45, 2.75) is 64.6 Å². The lowest BCUT2D eigenvalue weighted by atomic mass is 9.65. The summed E-state index contributed by atoms with van der Waals surface area (Å²) in [6.07, 6.45) is 4.16. The van der Waals surface area contributed by atoms with E-state index in [-0.39, 0.29) is 11.5 Å². The third kappa shape index (κ3) is 2.56. The molecule has 26 heavy (non-hydrogen) atoms. The molecule has 1 unspecified atom stereocenters. The lowest BCUT2D eigenvalue weighted by Crippen LogP contribution is -2.43. The first-order chi connectivity index (χ1) is 12.4. The van der Waals surface area contributed by atoms with E-state index in [1.54, 1.807) is 0 Å². The molecule has 1 saturated carbocycles. The van der Waals surface area contributed by atoms with Gasteiger partial charge in [0, 0.05) is 11.0 Å². The summed E-state index contributed by atoms with van der Waals surface area (Å²) in [6, 6.07) is 6.35. The van der Waals surface area contributed by atoms with Crippen molar-refractivity contribution >= 4 is 11.5 Å². The van der Waals surface area contributed by atoms with Crippen LogP contribution in [0.5, 0.6) is 5.75 Å². The van der Waals surface area contributed by atoms with Gasteiger partial charge in [0.2, 0.25) is 0 Å². The van der Waals surface area contributed by atoms with Gasteiger partial charge in [-0.3, -0.25) is 4.99 Å². The van der Waals surface area contributed by atoms with Crippen LogP contribution in [0.2, 0.25) is 0 Å². The van der Waals surface area contributed by atoms with E-state index >= 15 is 0 Å². The maximum atomic E-state index is 10.1. The molecule has 140 valence electrons. The lowest BCUT2D eigenvalue weighted by molar-refractivity contribution is 0.0233. The Kier molecular flexibility index (Phi) is 4.10. The minimum Gasteiger partial charge on any atom is -0.493 e. The van der Waals surface area contributed by atoms with Gasteiger partial charge in [-0.05, 0) is 62.6 Å². The molecule has 3 N–H and O–H groups in total. The van der Waals surface area contributed by atoms with E-state index in [0.29, 0.717) is 18.4 Å². The zero-order valence-corrected chi connectivity index (χ0v) is 16.0. The Bertz CT molecular complexity index is 755. The van der Waals surface area contributed by atoms with E-state index in [4.69, 9.17) is 20.5 Å². The molecule has 2 aliphatic carbocycles. The van der Waals surface area contributed by atoms with Crippen LogP contribution in [0.1, 0.15) is 57.6 Å². The average Bonchev–Trinajstić information content (AvgIpc) is 3.04. The first-order valence-corrected chi connectivity index (χ1v) is 9.72. The molecule has 5 nitrogen and oxygen atoms in total. The summed E-state index contributed by atoms with van der Waals surface area (Å²) in [6.45, 7) is 6.92. The molecule has 1 atom stereocenters. The summed E-state index contributed by atoms with van der Waals surface area (Å²) in [7, 11) is 0. The lowest BCUT2D eigenvalue weighted by Gasteiger charge is -2.44. The number of amidine groups is 1. The molecule has 1 aromatic carbocycles. The molecule has 2 spiro atoms. The normalized spacial score (nSPS) is 32.9. The van der Waals surface area contributed by atoms with Crippen molar-refractivity contribution in [3.63, 3.8) is 0 Å². The van der Waals surface area contributed by atoms with Crippen molar-refractivity contribution in [3.8, 4) is 5.75 Å². The minimum atomic E-state index is -0.645. The second-order valence-corrected chi connectivity index (χ2v) is 8.58. The number of ether oxygens (including phenoxy) is 1. The zero-order valence-electron chi connectivity index (χ0n) is 16.0. The highest BCUT2D eigenvalue weighted by atomic mass is 16.5. The minimum absolute atomic E-state index is 0.0897. The van der Waals surface area contributed by atoms with Crippen molar-refractivity contribution in [2.75, 3.05) is 6.61 Å². The highest BCUT2D eigenvalue weighted by molar-refractivity contribution is 6.41. The Morgan fingerprint density at radius 3 is 2.62 bits per heavy atom. The third-order valence-electron chi connectivity index (χ3n) is 6.20. The Morgan fingerprint density at radius 2 is 2.00 bits per heavy atom. The molecule has 0 radical (unpaired) electrons. The fraction of sp³-hybridized carbons (Fsp3) is 0.619. The summed E-state index contributed by atoms with van der Waals surface area (Å²) >= 11 is 0. The van der Waals surface area contributed by atoms with E-state index in [1.807, 2.05) is 6.92 Å². The molecule has 0 saturated heterocycles. The van der Waals surface area contributed by atoms with Crippen LogP contribution < -0.4 is 10.5 Å². The number of aliphatic hydroxyl groups is 1. The van der Waals surface area contributed by atoms with Gasteiger partial charge in [-0.2, -0.15) is 0 Å². The summed E-state index contributed by atoms with van der Waals surface area (Å²) in [4.78, 5) is 9.96. The van der Waals surface area contributed by atoms with Crippen molar-refractivity contribution in [3.05, 3.63) is 29.3 Å². The number of aliphatic hydroxyl groups excluding tert-OH is 1. The van der Waals surface area contributed by atoms with E-state index < -0.39 is 5.66 Å². The van der Waals surface area contributed by atoms with Crippen molar-refractivity contribution in [1.82, 2.24) is 0 Å². The predicted octanol–water partition coefficient (Wildman–Crippen LogP) is 3.18. The molecule has 0 amide bonds. The number of hydrogen-bond donors (Lipinski definition) is 2. The second kappa shape index (κ2) is 6.08. The number of hydrogen-bond acceptors (Lipinski definition) is 5. The summed E-state index contributed by atoms with van der Waals surface area (Å²) < 4.78 is 5.97. The molecule has 0 bridgehead atoms. The van der Waals surface area contributed by atoms with Crippen LogP contribution in [-0.4, -0.2) is 29.4 Å². The SMILES string of the molecule is CC1=NC2(N=C1N)c1cc(OCC(C)C)ccc1CC21CCC(O)CC1. The number of benzene rings is 1. The number of aliphatic imine (C=N–C) groups is 2. The van der Waals surface area contributed by atoms with Crippen molar-refractivity contribution in [1.29, 1.82) is 0 Å². The van der Waals surface area contributed by atoms with Crippen LogP contribution in [0.4, 0.5) is 0 Å². The van der Waals surface area contributed by atoms with Gasteiger partial charge in [0.15, 0.2) is 5.66 Å². The first kappa shape index (κ1) is 17.5. The molecular weight excluding hydrogens is 326 g/mol. The summed E-state index contributed by atoms with van der Waals surface area (Å²) in [5.74, 6) is 1.89. The average molecular weight is 355 g/mol. The van der Waals surface area contributed by atoms with E-state index in [1.165, 1.54) is 5.56 Å². The van der Waals surface area contributed by atoms with Gasteiger partial charge in [0.25, 0.3) is 0 Å². The van der Waals surface area contributed by atoms with Gasteiger partial charge in [0.1, 0.15) is 11.6 Å². The van der Waals surface area contributed by atoms with Gasteiger partial charge in [0.05, 0.1) is 18.4 Å². The third-order valence-corrected chi connectivity index (χ3v) is 6.20. The maximum Gasteiger partial charge on any atom is 0.184 e. The highest BCUT2D eigenvalue weighted by Crippen LogP contribution is 2.61. The Hall–Kier alpha value is -1.88. The van der Waals surface area contributed by atoms with Crippen LogP contribution >= 0.6 is 0 Å². The fourth-order valence-corrected chi connectivity index (χ4v) is 4.78. The van der Waals surface area contributed by atoms with Crippen molar-refractivity contribution < 1.29 is 9.84 Å². The Labute approximate surface area is 155 Å². The number of nitrogens with two attached hydrogens (primary N) is 1. The monoisotopic (exact) mass is 355 g/mol. The highest BCUT2D eigenvalue weighted by Gasteiger charge is 2.60. The van der Waals surface area contributed by atoms with Gasteiger partial charge in [-0.15, -0.1) is 0 Å². The zero-order chi connectivity index (χ0) is 18.5. The molecule has 5 heteroatoms. The van der Waals surface area contributed by atoms with Crippen LogP contribution in [0, 0.1) is 11.3 Å². The summed E-state index contributed by atoms with van der Waals surface area (Å²) in [5.41, 5.74) is 8.68. The molecule has 4 rings (SSSR count). The van der Waals surface area contributed by atoms with Crippen LogP contribution in [-0.2, 0) is 12.1 Å². The maximum absolute atomic E-state index is 10.1. The predicted molar refractivity (Wildman–Crippen MR) is 104 cm³/mol. The molecule has 0 aromatic heterocycles. The topological polar surface area (TPSA) is 80.2 Å². The largest absolute Gasteiger partial charge is 0.493 e. The number of fused-ring (bicyclic) bond motifs is 3. The Balaban J connectivity index is 1.79. The molecule has 1 aromatic rings. The number of nitrogens with zero attached hydrogens (tertiary/aromatic N) is 2. The molecule has 1 aliphatic heterocycles.